The van der Waals surface area contributed by atoms with Crippen LogP contribution in [0.1, 0.15) is 32.1 Å². The molecule has 0 saturated heterocycles. The van der Waals surface area contributed by atoms with Crippen molar-refractivity contribution < 1.29 is 9.47 Å². The molecular weight excluding hydrogens is 214 g/mol. The summed E-state index contributed by atoms with van der Waals surface area (Å²) in [5, 5.41) is 3.47. The van der Waals surface area contributed by atoms with Gasteiger partial charge in [-0.15, -0.1) is 0 Å². The van der Waals surface area contributed by atoms with Crippen molar-refractivity contribution in [3.05, 3.63) is 18.2 Å². The summed E-state index contributed by atoms with van der Waals surface area (Å²) in [6, 6.07) is 6.05. The summed E-state index contributed by atoms with van der Waals surface area (Å²) in [4.78, 5) is 0. The van der Waals surface area contributed by atoms with Crippen LogP contribution in [0.25, 0.3) is 0 Å². The second-order valence-electron chi connectivity index (χ2n) is 4.93. The number of hydrogen-bond acceptors (Lipinski definition) is 3. The maximum Gasteiger partial charge on any atom is 0.231 e. The monoisotopic (exact) mass is 233 g/mol. The van der Waals surface area contributed by atoms with Gasteiger partial charge in [0.1, 0.15) is 0 Å². The molecule has 1 aromatic carbocycles. The largest absolute Gasteiger partial charge is 0.454 e. The highest BCUT2D eigenvalue weighted by molar-refractivity contribution is 5.55. The third kappa shape index (κ3) is 2.48. The number of benzene rings is 1. The minimum absolute atomic E-state index is 0.348. The molecule has 1 aliphatic carbocycles. The Bertz CT molecular complexity index is 386. The van der Waals surface area contributed by atoms with Crippen molar-refractivity contribution in [2.45, 2.75) is 32.1 Å². The molecule has 2 aliphatic rings. The molecule has 92 valence electrons. The average Bonchev–Trinajstić information content (AvgIpc) is 2.98. The molecule has 1 N–H and O–H groups in total. The Morgan fingerprint density at radius 2 is 1.94 bits per heavy atom. The molecule has 0 unspecified atom stereocenters. The Hall–Kier alpha value is -1.38. The van der Waals surface area contributed by atoms with Crippen molar-refractivity contribution in [3.63, 3.8) is 0 Å². The number of nitrogens with one attached hydrogen (secondary N) is 1. The number of rotatable bonds is 4. The van der Waals surface area contributed by atoms with Crippen LogP contribution in [0.4, 0.5) is 5.69 Å². The predicted octanol–water partition coefficient (Wildman–Crippen LogP) is 3.41. The van der Waals surface area contributed by atoms with Crippen molar-refractivity contribution in [1.29, 1.82) is 0 Å². The summed E-state index contributed by atoms with van der Waals surface area (Å²) >= 11 is 0. The topological polar surface area (TPSA) is 30.5 Å². The van der Waals surface area contributed by atoms with Crippen LogP contribution in [0.15, 0.2) is 18.2 Å². The van der Waals surface area contributed by atoms with Gasteiger partial charge in [0.05, 0.1) is 0 Å². The number of ether oxygens (including phenoxy) is 2. The van der Waals surface area contributed by atoms with E-state index in [0.717, 1.165) is 29.6 Å². The molecule has 0 bridgehead atoms. The van der Waals surface area contributed by atoms with E-state index in [0.29, 0.717) is 6.79 Å². The van der Waals surface area contributed by atoms with Gasteiger partial charge in [-0.3, -0.25) is 0 Å². The molecule has 3 nitrogen and oxygen atoms in total. The highest BCUT2D eigenvalue weighted by Gasteiger charge is 2.15. The minimum atomic E-state index is 0.348. The van der Waals surface area contributed by atoms with Gasteiger partial charge >= 0.3 is 0 Å². The Kier molecular flexibility index (Phi) is 3.08. The van der Waals surface area contributed by atoms with E-state index < -0.39 is 0 Å². The lowest BCUT2D eigenvalue weighted by Crippen LogP contribution is -2.06. The van der Waals surface area contributed by atoms with E-state index in [-0.39, 0.29) is 0 Å². The van der Waals surface area contributed by atoms with Crippen LogP contribution in [-0.2, 0) is 0 Å². The Morgan fingerprint density at radius 3 is 2.82 bits per heavy atom. The molecule has 1 fully saturated rings. The molecule has 3 rings (SSSR count). The molecule has 0 radical (unpaired) electrons. The van der Waals surface area contributed by atoms with Gasteiger partial charge in [-0.1, -0.05) is 25.7 Å². The molecule has 1 heterocycles. The zero-order valence-electron chi connectivity index (χ0n) is 10.1. The summed E-state index contributed by atoms with van der Waals surface area (Å²) in [5.74, 6) is 2.65. The maximum atomic E-state index is 5.36. The summed E-state index contributed by atoms with van der Waals surface area (Å²) < 4.78 is 10.6. The van der Waals surface area contributed by atoms with Gasteiger partial charge in [0.25, 0.3) is 0 Å². The predicted molar refractivity (Wildman–Crippen MR) is 67.6 cm³/mol. The van der Waals surface area contributed by atoms with Crippen LogP contribution in [0.5, 0.6) is 11.5 Å². The molecule has 0 aromatic heterocycles. The highest BCUT2D eigenvalue weighted by Crippen LogP contribution is 2.34. The van der Waals surface area contributed by atoms with Crippen LogP contribution in [0.3, 0.4) is 0 Å². The van der Waals surface area contributed by atoms with E-state index in [1.807, 2.05) is 12.1 Å². The van der Waals surface area contributed by atoms with Crippen molar-refractivity contribution >= 4 is 5.69 Å². The van der Waals surface area contributed by atoms with E-state index in [1.54, 1.807) is 0 Å². The number of fused-ring (bicyclic) bond motifs is 1. The van der Waals surface area contributed by atoms with Crippen LogP contribution in [0.2, 0.25) is 0 Å². The van der Waals surface area contributed by atoms with Gasteiger partial charge in [0, 0.05) is 18.3 Å². The van der Waals surface area contributed by atoms with Gasteiger partial charge in [-0.05, 0) is 24.5 Å². The highest BCUT2D eigenvalue weighted by atomic mass is 16.7. The van der Waals surface area contributed by atoms with Gasteiger partial charge in [-0.2, -0.15) is 0 Å². The van der Waals surface area contributed by atoms with Crippen LogP contribution < -0.4 is 14.8 Å². The number of anilines is 1. The van der Waals surface area contributed by atoms with Gasteiger partial charge in [-0.25, -0.2) is 0 Å². The second kappa shape index (κ2) is 4.86. The summed E-state index contributed by atoms with van der Waals surface area (Å²) in [5.41, 5.74) is 1.13. The van der Waals surface area contributed by atoms with E-state index in [2.05, 4.69) is 11.4 Å². The Morgan fingerprint density at radius 1 is 1.12 bits per heavy atom. The molecule has 0 spiro atoms. The fourth-order valence-corrected chi connectivity index (χ4v) is 2.73. The molecule has 0 amide bonds. The Balaban J connectivity index is 1.51. The molecule has 17 heavy (non-hydrogen) atoms. The van der Waals surface area contributed by atoms with E-state index in [1.165, 1.54) is 32.1 Å². The third-order valence-electron chi connectivity index (χ3n) is 3.73. The van der Waals surface area contributed by atoms with Crippen molar-refractivity contribution in [2.24, 2.45) is 5.92 Å². The fraction of sp³-hybridized carbons (Fsp3) is 0.571. The van der Waals surface area contributed by atoms with Gasteiger partial charge in [0.15, 0.2) is 11.5 Å². The summed E-state index contributed by atoms with van der Waals surface area (Å²) in [7, 11) is 0. The molecular formula is C14H19NO2. The summed E-state index contributed by atoms with van der Waals surface area (Å²) in [6.45, 7) is 1.41. The second-order valence-corrected chi connectivity index (χ2v) is 4.93. The third-order valence-corrected chi connectivity index (χ3v) is 3.73. The van der Waals surface area contributed by atoms with Crippen LogP contribution >= 0.6 is 0 Å². The zero-order chi connectivity index (χ0) is 11.5. The minimum Gasteiger partial charge on any atom is -0.454 e. The van der Waals surface area contributed by atoms with E-state index >= 15 is 0 Å². The standard InChI is InChI=1S/C14H19NO2/c1-2-4-11(3-1)7-8-15-12-5-6-13-14(9-12)17-10-16-13/h5-6,9,11,15H,1-4,7-8,10H2. The summed E-state index contributed by atoms with van der Waals surface area (Å²) in [6.07, 6.45) is 6.98. The quantitative estimate of drug-likeness (QED) is 0.864. The van der Waals surface area contributed by atoms with Crippen molar-refractivity contribution in [2.75, 3.05) is 18.7 Å². The first-order valence-corrected chi connectivity index (χ1v) is 6.55. The zero-order valence-corrected chi connectivity index (χ0v) is 10.1. The van der Waals surface area contributed by atoms with Crippen LogP contribution in [-0.4, -0.2) is 13.3 Å². The van der Waals surface area contributed by atoms with Gasteiger partial charge < -0.3 is 14.8 Å². The van der Waals surface area contributed by atoms with Crippen molar-refractivity contribution in [1.82, 2.24) is 0 Å². The molecule has 1 saturated carbocycles. The lowest BCUT2D eigenvalue weighted by atomic mass is 10.0. The van der Waals surface area contributed by atoms with Gasteiger partial charge in [0.2, 0.25) is 6.79 Å². The lowest BCUT2D eigenvalue weighted by Gasteiger charge is -2.11. The lowest BCUT2D eigenvalue weighted by molar-refractivity contribution is 0.174. The molecule has 3 heteroatoms. The maximum absolute atomic E-state index is 5.36. The normalized spacial score (nSPS) is 18.6. The first-order chi connectivity index (χ1) is 8.42. The first-order valence-electron chi connectivity index (χ1n) is 6.55. The molecule has 1 aliphatic heterocycles. The fourth-order valence-electron chi connectivity index (χ4n) is 2.73. The van der Waals surface area contributed by atoms with Crippen LogP contribution in [0, 0.1) is 5.92 Å². The molecule has 1 aromatic rings. The van der Waals surface area contributed by atoms with E-state index in [9.17, 15) is 0 Å². The average molecular weight is 233 g/mol. The number of hydrogen-bond donors (Lipinski definition) is 1. The smallest absolute Gasteiger partial charge is 0.231 e. The first kappa shape index (κ1) is 10.8. The SMILES string of the molecule is c1cc2c(cc1NCCC1CCCC1)OCO2. The van der Waals surface area contributed by atoms with Crippen molar-refractivity contribution in [3.8, 4) is 11.5 Å². The Labute approximate surface area is 102 Å². The van der Waals surface area contributed by atoms with E-state index in [4.69, 9.17) is 9.47 Å². The molecule has 0 atom stereocenters.